The van der Waals surface area contributed by atoms with Crippen LogP contribution in [-0.2, 0) is 14.1 Å². The van der Waals surface area contributed by atoms with Crippen molar-refractivity contribution in [2.45, 2.75) is 58.8 Å². The molecular formula is C19H27BN2O4. The second-order valence-corrected chi connectivity index (χ2v) is 7.90. The van der Waals surface area contributed by atoms with Gasteiger partial charge in [0.05, 0.1) is 22.9 Å². The normalized spacial score (nSPS) is 23.6. The van der Waals surface area contributed by atoms with Gasteiger partial charge in [-0.25, -0.2) is 0 Å². The Morgan fingerprint density at radius 2 is 1.85 bits per heavy atom. The van der Waals surface area contributed by atoms with E-state index in [1.165, 1.54) is 0 Å². The molecule has 0 N–H and O–H groups in total. The van der Waals surface area contributed by atoms with Crippen molar-refractivity contribution in [3.05, 3.63) is 18.2 Å². The first kappa shape index (κ1) is 18.9. The number of Topliss-reactive ketones (excluding diaryl/α,β-unsaturated/α-hetero) is 1. The van der Waals surface area contributed by atoms with Gasteiger partial charge < -0.3 is 18.9 Å². The van der Waals surface area contributed by atoms with Gasteiger partial charge in [0.15, 0.2) is 5.78 Å². The van der Waals surface area contributed by atoms with Crippen molar-refractivity contribution in [2.24, 2.45) is 4.99 Å². The molecule has 0 saturated carbocycles. The Balaban J connectivity index is 1.96. The van der Waals surface area contributed by atoms with E-state index in [0.29, 0.717) is 12.4 Å². The lowest BCUT2D eigenvalue weighted by Crippen LogP contribution is -2.48. The third-order valence-corrected chi connectivity index (χ3v) is 5.64. The molecule has 0 spiro atoms. The van der Waals surface area contributed by atoms with E-state index in [1.807, 2.05) is 57.7 Å². The lowest BCUT2D eigenvalue weighted by molar-refractivity contribution is -0.117. The van der Waals surface area contributed by atoms with Crippen LogP contribution in [0, 0.1) is 0 Å². The molecule has 1 aromatic rings. The van der Waals surface area contributed by atoms with Gasteiger partial charge in [0.2, 0.25) is 0 Å². The number of ether oxygens (including phenoxy) is 1. The number of benzene rings is 1. The molecule has 0 bridgehead atoms. The van der Waals surface area contributed by atoms with Crippen molar-refractivity contribution in [1.29, 1.82) is 0 Å². The molecule has 0 radical (unpaired) electrons. The fourth-order valence-corrected chi connectivity index (χ4v) is 3.11. The van der Waals surface area contributed by atoms with E-state index in [4.69, 9.17) is 14.0 Å². The van der Waals surface area contributed by atoms with Gasteiger partial charge in [-0.2, -0.15) is 0 Å². The Labute approximate surface area is 155 Å². The van der Waals surface area contributed by atoms with Crippen LogP contribution in [0.5, 0.6) is 5.75 Å². The van der Waals surface area contributed by atoms with Crippen molar-refractivity contribution in [3.63, 3.8) is 0 Å². The van der Waals surface area contributed by atoms with Crippen LogP contribution in [0.4, 0.5) is 5.69 Å². The monoisotopic (exact) mass is 358 g/mol. The van der Waals surface area contributed by atoms with E-state index in [2.05, 4.69) is 4.99 Å². The highest BCUT2D eigenvalue weighted by Gasteiger charge is 2.52. The average Bonchev–Trinajstić information content (AvgIpc) is 2.80. The van der Waals surface area contributed by atoms with Gasteiger partial charge in [-0.1, -0.05) is 6.07 Å². The summed E-state index contributed by atoms with van der Waals surface area (Å²) in [5.74, 6) is 1.52. The first-order chi connectivity index (χ1) is 12.1. The summed E-state index contributed by atoms with van der Waals surface area (Å²) < 4.78 is 18.1. The number of hydrogen-bond acceptors (Lipinski definition) is 5. The van der Waals surface area contributed by atoms with Gasteiger partial charge in [-0.3, -0.25) is 9.79 Å². The smallest absolute Gasteiger partial charge is 0.484 e. The zero-order chi connectivity index (χ0) is 19.3. The van der Waals surface area contributed by atoms with Crippen molar-refractivity contribution < 1.29 is 18.8 Å². The van der Waals surface area contributed by atoms with Crippen LogP contribution < -0.4 is 15.1 Å². The van der Waals surface area contributed by atoms with Gasteiger partial charge >= 0.3 is 7.12 Å². The van der Waals surface area contributed by atoms with Crippen molar-refractivity contribution >= 4 is 29.9 Å². The number of fused-ring (bicyclic) bond motifs is 1. The number of nitrogens with zero attached hydrogens (tertiary/aromatic N) is 2. The van der Waals surface area contributed by atoms with Crippen LogP contribution in [0.1, 0.15) is 41.5 Å². The molecule has 26 heavy (non-hydrogen) atoms. The van der Waals surface area contributed by atoms with Crippen LogP contribution in [0.3, 0.4) is 0 Å². The maximum Gasteiger partial charge on any atom is 0.494 e. The number of aliphatic imine (C=N–C) groups is 1. The minimum absolute atomic E-state index is 0.0778. The molecule has 2 heterocycles. The van der Waals surface area contributed by atoms with E-state index in [-0.39, 0.29) is 11.8 Å². The Kier molecular flexibility index (Phi) is 4.65. The van der Waals surface area contributed by atoms with Crippen molar-refractivity contribution in [2.75, 3.05) is 18.6 Å². The number of ketones is 1. The number of hydrogen-bond donors (Lipinski definition) is 0. The van der Waals surface area contributed by atoms with E-state index in [0.717, 1.165) is 17.0 Å². The Morgan fingerprint density at radius 3 is 2.38 bits per heavy atom. The Morgan fingerprint density at radius 1 is 1.23 bits per heavy atom. The predicted octanol–water partition coefficient (Wildman–Crippen LogP) is 2.19. The molecule has 2 aliphatic heterocycles. The topological polar surface area (TPSA) is 60.4 Å². The molecule has 0 aromatic heterocycles. The number of carbonyl (C=O) groups excluding carboxylic acids is 1. The molecule has 7 heteroatoms. The van der Waals surface area contributed by atoms with E-state index >= 15 is 0 Å². The third-order valence-electron chi connectivity index (χ3n) is 5.64. The molecule has 1 unspecified atom stereocenters. The van der Waals surface area contributed by atoms with Crippen molar-refractivity contribution in [3.8, 4) is 5.75 Å². The first-order valence-corrected chi connectivity index (χ1v) is 8.95. The molecule has 1 atom stereocenters. The molecule has 140 valence electrons. The zero-order valence-electron chi connectivity index (χ0n) is 16.6. The minimum atomic E-state index is -0.450. The molecule has 0 amide bonds. The molecule has 1 aromatic carbocycles. The largest absolute Gasteiger partial charge is 0.494 e. The number of amidine groups is 1. The lowest BCUT2D eigenvalue weighted by atomic mass is 9.78. The van der Waals surface area contributed by atoms with Gasteiger partial charge in [0.25, 0.3) is 0 Å². The molecule has 1 saturated heterocycles. The van der Waals surface area contributed by atoms with Gasteiger partial charge in [-0.15, -0.1) is 0 Å². The fraction of sp³-hybridized carbons (Fsp3) is 0.579. The van der Waals surface area contributed by atoms with Crippen LogP contribution >= 0.6 is 0 Å². The molecule has 0 aliphatic carbocycles. The maximum atomic E-state index is 12.0. The SMILES string of the molecule is CN=C1COc2cc(B3OC(C)(C)C(C)(C)O3)ccc2N1C(C)C(C)=O. The summed E-state index contributed by atoms with van der Waals surface area (Å²) in [4.78, 5) is 18.2. The molecule has 2 aliphatic rings. The summed E-state index contributed by atoms with van der Waals surface area (Å²) in [5.41, 5.74) is 0.937. The minimum Gasteiger partial charge on any atom is -0.484 e. The average molecular weight is 358 g/mol. The Bertz CT molecular complexity index is 744. The standard InChI is InChI=1S/C19H27BN2O4/c1-12(13(2)23)22-15-9-8-14(10-16(15)24-11-17(22)21-7)20-25-18(3,4)19(5,6)26-20/h8-10,12H,11H2,1-7H3. The van der Waals surface area contributed by atoms with E-state index < -0.39 is 18.3 Å². The second kappa shape index (κ2) is 6.39. The van der Waals surface area contributed by atoms with Crippen LogP contribution in [-0.4, -0.2) is 49.6 Å². The number of carbonyl (C=O) groups is 1. The molecule has 6 nitrogen and oxygen atoms in total. The predicted molar refractivity (Wildman–Crippen MR) is 104 cm³/mol. The Hall–Kier alpha value is -1.86. The summed E-state index contributed by atoms with van der Waals surface area (Å²) >= 11 is 0. The molecule has 3 rings (SSSR count). The highest BCUT2D eigenvalue weighted by Crippen LogP contribution is 2.38. The fourth-order valence-electron chi connectivity index (χ4n) is 3.11. The van der Waals surface area contributed by atoms with Crippen LogP contribution in [0.15, 0.2) is 23.2 Å². The summed E-state index contributed by atoms with van der Waals surface area (Å²) in [6.45, 7) is 11.9. The molecule has 1 fully saturated rings. The number of rotatable bonds is 3. The van der Waals surface area contributed by atoms with Gasteiger partial charge in [-0.05, 0) is 59.1 Å². The molecular weight excluding hydrogens is 331 g/mol. The second-order valence-electron chi connectivity index (χ2n) is 7.90. The third kappa shape index (κ3) is 3.03. The highest BCUT2D eigenvalue weighted by atomic mass is 16.7. The van der Waals surface area contributed by atoms with E-state index in [1.54, 1.807) is 14.0 Å². The summed E-state index contributed by atoms with van der Waals surface area (Å²) in [6, 6.07) is 5.53. The van der Waals surface area contributed by atoms with Gasteiger partial charge in [0.1, 0.15) is 18.2 Å². The summed E-state index contributed by atoms with van der Waals surface area (Å²) in [5, 5.41) is 0. The number of anilines is 1. The summed E-state index contributed by atoms with van der Waals surface area (Å²) in [6.07, 6.45) is 0. The zero-order valence-corrected chi connectivity index (χ0v) is 16.6. The van der Waals surface area contributed by atoms with Crippen LogP contribution in [0.2, 0.25) is 0 Å². The van der Waals surface area contributed by atoms with Crippen LogP contribution in [0.25, 0.3) is 0 Å². The van der Waals surface area contributed by atoms with Crippen molar-refractivity contribution in [1.82, 2.24) is 0 Å². The first-order valence-electron chi connectivity index (χ1n) is 8.95. The quantitative estimate of drug-likeness (QED) is 0.776. The lowest BCUT2D eigenvalue weighted by Gasteiger charge is -2.35. The van der Waals surface area contributed by atoms with E-state index in [9.17, 15) is 4.79 Å². The van der Waals surface area contributed by atoms with Gasteiger partial charge in [0, 0.05) is 7.05 Å². The summed E-state index contributed by atoms with van der Waals surface area (Å²) in [7, 11) is 1.26. The maximum absolute atomic E-state index is 12.0. The highest BCUT2D eigenvalue weighted by molar-refractivity contribution is 6.62.